The molecule has 0 radical (unpaired) electrons. The molecule has 0 heterocycles. The predicted molar refractivity (Wildman–Crippen MR) is 295 cm³/mol. The van der Waals surface area contributed by atoms with Gasteiger partial charge in [-0.1, -0.05) is 99.1 Å². The number of hydrogen-bond donors (Lipinski definition) is 1. The van der Waals surface area contributed by atoms with Crippen molar-refractivity contribution in [2.24, 2.45) is 0 Å². The third-order valence-electron chi connectivity index (χ3n) is 10.6. The summed E-state index contributed by atoms with van der Waals surface area (Å²) in [6, 6.07) is 44.1. The van der Waals surface area contributed by atoms with Crippen LogP contribution in [0.25, 0.3) is 43.1 Å². The number of Topliss-reactive ketones (excluding diaryl/α,β-unsaturated/α-hetero) is 1. The van der Waals surface area contributed by atoms with Gasteiger partial charge in [-0.3, -0.25) is 4.79 Å². The van der Waals surface area contributed by atoms with Gasteiger partial charge in [0, 0.05) is 68.4 Å². The summed E-state index contributed by atoms with van der Waals surface area (Å²) in [7, 11) is 3.50. The quantitative estimate of drug-likeness (QED) is 0.0474. The number of fused-ring (bicyclic) bond motifs is 4. The van der Waals surface area contributed by atoms with Crippen LogP contribution in [0.3, 0.4) is 0 Å². The Bertz CT molecular complexity index is 3400. The molecule has 0 fully saturated rings. The summed E-state index contributed by atoms with van der Waals surface area (Å²) in [5, 5.41) is 17.0. The van der Waals surface area contributed by atoms with E-state index in [0.717, 1.165) is 84.4 Å². The highest BCUT2D eigenvalue weighted by Crippen LogP contribution is 2.33. The fourth-order valence-electron chi connectivity index (χ4n) is 7.02. The summed E-state index contributed by atoms with van der Waals surface area (Å²) < 4.78 is 31.6. The second-order valence-corrected chi connectivity index (χ2v) is 20.2. The van der Waals surface area contributed by atoms with Gasteiger partial charge in [0.2, 0.25) is 0 Å². The molecule has 0 bridgehead atoms. The van der Waals surface area contributed by atoms with E-state index in [1.54, 1.807) is 80.8 Å². The van der Waals surface area contributed by atoms with Crippen LogP contribution >= 0.6 is 0 Å². The molecule has 8 aromatic carbocycles. The number of rotatable bonds is 14. The van der Waals surface area contributed by atoms with Crippen molar-refractivity contribution in [3.05, 3.63) is 202 Å². The van der Waals surface area contributed by atoms with Crippen molar-refractivity contribution in [1.29, 1.82) is 0 Å². The van der Waals surface area contributed by atoms with E-state index in [-0.39, 0.29) is 11.5 Å². The summed E-state index contributed by atoms with van der Waals surface area (Å²) in [4.78, 5) is 57.7. The molecule has 0 spiro atoms. The molecule has 74 heavy (non-hydrogen) atoms. The van der Waals surface area contributed by atoms with Gasteiger partial charge in [0.25, 0.3) is 0 Å². The molecule has 0 amide bonds. The monoisotopic (exact) mass is 1010 g/mol. The Morgan fingerprint density at radius 1 is 0.514 bits per heavy atom. The highest BCUT2D eigenvalue weighted by atomic mass is 28.4. The van der Waals surface area contributed by atoms with Gasteiger partial charge in [0.15, 0.2) is 0 Å². The Kier molecular flexibility index (Phi) is 19.9. The van der Waals surface area contributed by atoms with E-state index in [4.69, 9.17) is 27.8 Å². The van der Waals surface area contributed by atoms with Gasteiger partial charge < -0.3 is 37.8 Å². The Hall–Kier alpha value is -9.11. The Balaban J connectivity index is 0.000000183. The molecule has 378 valence electrons. The molecule has 0 aromatic heterocycles. The maximum Gasteiger partial charge on any atom is 0.392 e. The van der Waals surface area contributed by atoms with Crippen LogP contribution < -0.4 is 28.3 Å². The van der Waals surface area contributed by atoms with E-state index in [2.05, 4.69) is 26.3 Å². The van der Waals surface area contributed by atoms with Crippen LogP contribution in [0.2, 0.25) is 13.1 Å². The molecule has 14 heteroatoms. The van der Waals surface area contributed by atoms with Crippen molar-refractivity contribution >= 4 is 87.0 Å². The van der Waals surface area contributed by atoms with E-state index in [9.17, 15) is 29.1 Å². The summed E-state index contributed by atoms with van der Waals surface area (Å²) in [5.41, 5.74) is 2.07. The van der Waals surface area contributed by atoms with Crippen LogP contribution in [0.1, 0.15) is 12.5 Å². The van der Waals surface area contributed by atoms with Crippen LogP contribution in [0.4, 0.5) is 5.69 Å². The number of ether oxygens (including phenoxy) is 4. The lowest BCUT2D eigenvalue weighted by Crippen LogP contribution is -2.36. The number of nitrogens with zero attached hydrogens (tertiary/aromatic N) is 1. The maximum absolute atomic E-state index is 11.3. The molecule has 13 nitrogen and oxygen atoms in total. The van der Waals surface area contributed by atoms with E-state index in [1.807, 2.05) is 111 Å². The van der Waals surface area contributed by atoms with Crippen LogP contribution in [0.15, 0.2) is 196 Å². The molecule has 0 saturated heterocycles. The zero-order valence-electron chi connectivity index (χ0n) is 42.1. The lowest BCUT2D eigenvalue weighted by Gasteiger charge is -2.21. The summed E-state index contributed by atoms with van der Waals surface area (Å²) in [6.45, 7) is 19.0. The van der Waals surface area contributed by atoms with Gasteiger partial charge in [0.05, 0.1) is 0 Å². The topological polar surface area (TPSA) is 164 Å². The van der Waals surface area contributed by atoms with Crippen molar-refractivity contribution in [3.63, 3.8) is 0 Å². The number of benzene rings is 8. The van der Waals surface area contributed by atoms with E-state index in [0.29, 0.717) is 29.4 Å². The van der Waals surface area contributed by atoms with Crippen molar-refractivity contribution in [1.82, 2.24) is 0 Å². The summed E-state index contributed by atoms with van der Waals surface area (Å²) >= 11 is 0. The predicted octanol–water partition coefficient (Wildman–Crippen LogP) is 12.4. The first-order valence-electron chi connectivity index (χ1n) is 22.9. The molecule has 0 aliphatic heterocycles. The first-order valence-corrected chi connectivity index (χ1v) is 25.7. The minimum atomic E-state index is -2.12. The number of carbonyl (C=O) groups excluding carboxylic acids is 5. The summed E-state index contributed by atoms with van der Waals surface area (Å²) in [5.74, 6) is 1.23. The number of esters is 4. The van der Waals surface area contributed by atoms with Gasteiger partial charge in [-0.15, -0.1) is 0 Å². The Morgan fingerprint density at radius 3 is 1.38 bits per heavy atom. The SMILES string of the molecule is C=CC(=O)Oc1ccc(N(C)C)c2ccccc12.C=CC(=O)Oc1ccc2cc(CC(C)=O)ccc2c1.C=CC(=O)Oc1ccc2cc(O)ccc2c1.C=CC(=O)Oc1ccc2cc(O[Si](C)(C)OC)ccc2c1. The molecule has 8 rings (SSSR count). The zero-order chi connectivity index (χ0) is 54.0. The summed E-state index contributed by atoms with van der Waals surface area (Å²) in [6.07, 6.45) is 4.97. The Labute approximate surface area is 431 Å². The van der Waals surface area contributed by atoms with E-state index >= 15 is 0 Å². The molecule has 8 aromatic rings. The number of phenols is 1. The molecule has 0 saturated carbocycles. The van der Waals surface area contributed by atoms with Gasteiger partial charge in [-0.2, -0.15) is 0 Å². The number of hydrogen-bond acceptors (Lipinski definition) is 13. The minimum absolute atomic E-state index is 0.135. The second kappa shape index (κ2) is 26.4. The fourth-order valence-corrected chi connectivity index (χ4v) is 7.80. The molecule has 0 atom stereocenters. The van der Waals surface area contributed by atoms with Crippen molar-refractivity contribution in [2.45, 2.75) is 26.4 Å². The molecule has 1 N–H and O–H groups in total. The second-order valence-electron chi connectivity index (χ2n) is 16.8. The highest BCUT2D eigenvalue weighted by Gasteiger charge is 2.24. The van der Waals surface area contributed by atoms with E-state index < -0.39 is 32.4 Å². The zero-order valence-corrected chi connectivity index (χ0v) is 43.1. The number of ketones is 1. The Morgan fingerprint density at radius 2 is 0.919 bits per heavy atom. The normalized spacial score (nSPS) is 10.4. The molecule has 0 aliphatic rings. The average molecular weight is 1010 g/mol. The highest BCUT2D eigenvalue weighted by molar-refractivity contribution is 6.65. The first kappa shape index (κ1) is 55.8. The van der Waals surface area contributed by atoms with Gasteiger partial charge in [-0.25, -0.2) is 19.2 Å². The van der Waals surface area contributed by atoms with E-state index in [1.165, 1.54) is 0 Å². The van der Waals surface area contributed by atoms with Crippen LogP contribution in [-0.2, 0) is 34.8 Å². The molecule has 0 aliphatic carbocycles. The smallest absolute Gasteiger partial charge is 0.392 e. The van der Waals surface area contributed by atoms with Crippen LogP contribution in [0, 0.1) is 0 Å². The lowest BCUT2D eigenvalue weighted by atomic mass is 10.0. The number of phenolic OH excluding ortho intramolecular Hbond substituents is 1. The van der Waals surface area contributed by atoms with Crippen LogP contribution in [-0.4, -0.2) is 64.5 Å². The van der Waals surface area contributed by atoms with Gasteiger partial charge >= 0.3 is 32.4 Å². The molecular weight excluding hydrogens is 955 g/mol. The van der Waals surface area contributed by atoms with Crippen LogP contribution in [0.5, 0.6) is 34.5 Å². The van der Waals surface area contributed by atoms with Crippen molar-refractivity contribution < 1.29 is 56.9 Å². The number of anilines is 1. The molecular formula is C60H57NO12Si. The molecule has 0 unspecified atom stereocenters. The number of carbonyl (C=O) groups is 5. The third-order valence-corrected chi connectivity index (χ3v) is 12.3. The van der Waals surface area contributed by atoms with Crippen molar-refractivity contribution in [3.8, 4) is 34.5 Å². The van der Waals surface area contributed by atoms with Gasteiger partial charge in [0.1, 0.15) is 40.3 Å². The maximum atomic E-state index is 11.3. The lowest BCUT2D eigenvalue weighted by molar-refractivity contribution is -0.129. The third kappa shape index (κ3) is 16.5. The minimum Gasteiger partial charge on any atom is -0.520 e. The standard InChI is InChI=1S/C16H18O4Si.C16H14O3.C15H15NO2.C13H10O3/c1-5-16(17)19-14-8-6-13-11-15(9-7-12(13)10-14)20-21(3,4)18-2;1-3-16(18)19-15-7-6-13-9-12(8-11(2)17)4-5-14(13)10-15;1-4-15(17)18-14-10-9-13(16(2)3)11-7-5-6-8-12(11)14;1-2-13(15)16-12-6-4-9-7-11(14)5-3-10(9)8-12/h5-11H,1H2,2-4H3;3-7,9-10H,1,8H2,2H3;4-10H,1H2,2-3H3;2-8,14H,1H2. The fraction of sp³-hybridized carbons (Fsp3) is 0.117. The van der Waals surface area contributed by atoms with Crippen molar-refractivity contribution in [2.75, 3.05) is 26.1 Å². The number of aromatic hydroxyl groups is 1. The largest absolute Gasteiger partial charge is 0.520 e. The van der Waals surface area contributed by atoms with Gasteiger partial charge in [-0.05, 0) is 131 Å². The first-order chi connectivity index (χ1) is 35.3. The average Bonchev–Trinajstić information content (AvgIpc) is 3.38.